The first kappa shape index (κ1) is 27.2. The van der Waals surface area contributed by atoms with E-state index in [1.807, 2.05) is 0 Å². The number of rotatable bonds is 5. The van der Waals surface area contributed by atoms with E-state index in [9.17, 15) is 14.4 Å². The van der Waals surface area contributed by atoms with Gasteiger partial charge >= 0.3 is 0 Å². The number of amides is 3. The van der Waals surface area contributed by atoms with Gasteiger partial charge in [0.2, 0.25) is 0 Å². The first-order valence-corrected chi connectivity index (χ1v) is 13.0. The second-order valence-corrected chi connectivity index (χ2v) is 10.7. The molecule has 38 heavy (non-hydrogen) atoms. The number of β-lactam (4-membered cyclic amide) rings is 1. The minimum atomic E-state index is -1.31. The zero-order valence-corrected chi connectivity index (χ0v) is 23.9. The molecule has 2 aliphatic rings. The summed E-state index contributed by atoms with van der Waals surface area (Å²) in [4.78, 5) is 43.2. The lowest BCUT2D eigenvalue weighted by Gasteiger charge is -2.50. The lowest BCUT2D eigenvalue weighted by Crippen LogP contribution is -2.67. The fourth-order valence-electron chi connectivity index (χ4n) is 4.69. The molecule has 0 saturated carbocycles. The zero-order chi connectivity index (χ0) is 27.6. The summed E-state index contributed by atoms with van der Waals surface area (Å²) < 4.78 is 10.9. The zero-order valence-electron chi connectivity index (χ0n) is 19.3. The van der Waals surface area contributed by atoms with Crippen molar-refractivity contribution in [3.05, 3.63) is 83.2 Å². The Bertz CT molecular complexity index is 1490. The van der Waals surface area contributed by atoms with Crippen LogP contribution in [0.25, 0.3) is 0 Å². The number of ether oxygens (including phenoxy) is 2. The van der Waals surface area contributed by atoms with Crippen LogP contribution >= 0.6 is 69.6 Å². The Labute approximate surface area is 246 Å². The minimum Gasteiger partial charge on any atom is -0.497 e. The topological polar surface area (TPSA) is 76.1 Å². The van der Waals surface area contributed by atoms with Crippen LogP contribution < -0.4 is 14.4 Å². The van der Waals surface area contributed by atoms with Crippen LogP contribution in [0.5, 0.6) is 11.5 Å². The molecule has 0 N–H and O–H groups in total. The number of hydrogen-bond donors (Lipinski definition) is 0. The van der Waals surface area contributed by atoms with E-state index in [2.05, 4.69) is 0 Å². The standard InChI is InChI=1S/C25H14Cl6N2O5/c1-37-12-3-4-14(38-2)13(8-12)21-22(25(36)32(21)11-6-9(26)5-10(27)7-11)33-23(34)15-16(24(33)35)18(29)20(31)19(30)17(15)28/h3-8,21-22H,1-2H3/t21-,22-/m0/s1. The Morgan fingerprint density at radius 2 is 1.21 bits per heavy atom. The van der Waals surface area contributed by atoms with Gasteiger partial charge < -0.3 is 14.4 Å². The molecule has 0 bridgehead atoms. The smallest absolute Gasteiger partial charge is 0.264 e. The van der Waals surface area contributed by atoms with Crippen molar-refractivity contribution in [2.45, 2.75) is 12.1 Å². The summed E-state index contributed by atoms with van der Waals surface area (Å²) in [6.45, 7) is 0. The van der Waals surface area contributed by atoms with Crippen LogP contribution in [0.3, 0.4) is 0 Å². The molecule has 0 radical (unpaired) electrons. The number of hydrogen-bond acceptors (Lipinski definition) is 5. The van der Waals surface area contributed by atoms with Crippen LogP contribution in [0.1, 0.15) is 32.3 Å². The summed E-state index contributed by atoms with van der Waals surface area (Å²) in [6.07, 6.45) is 0. The molecular weight excluding hydrogens is 621 g/mol. The number of anilines is 1. The Morgan fingerprint density at radius 1 is 0.658 bits per heavy atom. The van der Waals surface area contributed by atoms with Crippen LogP contribution in [-0.2, 0) is 4.79 Å². The van der Waals surface area contributed by atoms with Crippen molar-refractivity contribution >= 4 is 93.0 Å². The molecule has 3 amide bonds. The minimum absolute atomic E-state index is 0.179. The molecule has 3 aromatic rings. The fourth-order valence-corrected chi connectivity index (χ4v) is 6.22. The molecule has 3 aromatic carbocycles. The van der Waals surface area contributed by atoms with Gasteiger partial charge in [0.15, 0.2) is 0 Å². The maximum Gasteiger partial charge on any atom is 0.264 e. The average Bonchev–Trinajstić information content (AvgIpc) is 3.13. The molecular formula is C25H14Cl6N2O5. The van der Waals surface area contributed by atoms with Crippen LogP contribution in [0.4, 0.5) is 5.69 Å². The third-order valence-electron chi connectivity index (χ3n) is 6.36. The molecule has 0 spiro atoms. The highest BCUT2D eigenvalue weighted by atomic mass is 35.5. The predicted molar refractivity (Wildman–Crippen MR) is 147 cm³/mol. The number of halogens is 6. The molecule has 0 aliphatic carbocycles. The molecule has 1 fully saturated rings. The van der Waals surface area contributed by atoms with Gasteiger partial charge in [-0.1, -0.05) is 69.6 Å². The van der Waals surface area contributed by atoms with Gasteiger partial charge in [-0.25, -0.2) is 0 Å². The molecule has 5 rings (SSSR count). The van der Waals surface area contributed by atoms with Crippen molar-refractivity contribution < 1.29 is 23.9 Å². The van der Waals surface area contributed by atoms with E-state index in [4.69, 9.17) is 79.1 Å². The predicted octanol–water partition coefficient (Wildman–Crippen LogP) is 7.38. The van der Waals surface area contributed by atoms with E-state index in [1.165, 1.54) is 37.3 Å². The van der Waals surface area contributed by atoms with E-state index in [0.29, 0.717) is 22.7 Å². The summed E-state index contributed by atoms with van der Waals surface area (Å²) in [7, 11) is 2.93. The first-order valence-electron chi connectivity index (χ1n) is 10.8. The maximum atomic E-state index is 13.8. The molecule has 7 nitrogen and oxygen atoms in total. The third-order valence-corrected chi connectivity index (χ3v) is 8.60. The van der Waals surface area contributed by atoms with Gasteiger partial charge in [-0.2, -0.15) is 0 Å². The first-order chi connectivity index (χ1) is 18.0. The monoisotopic (exact) mass is 632 g/mol. The number of imide groups is 1. The number of benzene rings is 3. The van der Waals surface area contributed by atoms with Crippen LogP contribution in [0.15, 0.2) is 36.4 Å². The highest BCUT2D eigenvalue weighted by Crippen LogP contribution is 2.51. The van der Waals surface area contributed by atoms with E-state index >= 15 is 0 Å². The lowest BCUT2D eigenvalue weighted by atomic mass is 9.85. The molecule has 2 atom stereocenters. The van der Waals surface area contributed by atoms with Crippen molar-refractivity contribution in [2.24, 2.45) is 0 Å². The van der Waals surface area contributed by atoms with Crippen LogP contribution in [0, 0.1) is 0 Å². The summed E-state index contributed by atoms with van der Waals surface area (Å²) in [5, 5.41) is -0.273. The van der Waals surface area contributed by atoms with Crippen molar-refractivity contribution in [1.82, 2.24) is 4.90 Å². The normalized spacial score (nSPS) is 18.6. The molecule has 2 heterocycles. The Kier molecular flexibility index (Phi) is 7.14. The highest BCUT2D eigenvalue weighted by Gasteiger charge is 2.59. The van der Waals surface area contributed by atoms with Gasteiger partial charge in [-0.05, 0) is 36.4 Å². The van der Waals surface area contributed by atoms with E-state index in [1.54, 1.807) is 18.2 Å². The van der Waals surface area contributed by atoms with Crippen molar-refractivity contribution in [3.8, 4) is 11.5 Å². The second kappa shape index (κ2) is 9.97. The SMILES string of the molecule is COc1ccc(OC)c([C@H]2[C@H](N3C(=O)c4c(Cl)c(Cl)c(Cl)c(Cl)c4C3=O)C(=O)N2c2cc(Cl)cc(Cl)c2)c1. The summed E-state index contributed by atoms with van der Waals surface area (Å²) >= 11 is 37.4. The van der Waals surface area contributed by atoms with Gasteiger partial charge in [0, 0.05) is 21.3 Å². The third kappa shape index (κ3) is 3.99. The van der Waals surface area contributed by atoms with Gasteiger partial charge in [0.05, 0.1) is 51.5 Å². The maximum absolute atomic E-state index is 13.8. The van der Waals surface area contributed by atoms with Crippen molar-refractivity contribution in [1.29, 1.82) is 0 Å². The molecule has 0 unspecified atom stereocenters. The van der Waals surface area contributed by atoms with Crippen LogP contribution in [-0.4, -0.2) is 42.9 Å². The Hall–Kier alpha value is -2.39. The van der Waals surface area contributed by atoms with Crippen molar-refractivity contribution in [2.75, 3.05) is 19.1 Å². The van der Waals surface area contributed by atoms with Gasteiger partial charge in [-0.15, -0.1) is 0 Å². The molecule has 0 aromatic heterocycles. The number of carbonyl (C=O) groups is 3. The fraction of sp³-hybridized carbons (Fsp3) is 0.160. The second-order valence-electron chi connectivity index (χ2n) is 8.32. The summed E-state index contributed by atoms with van der Waals surface area (Å²) in [5.74, 6) is -1.44. The number of fused-ring (bicyclic) bond motifs is 1. The number of carbonyl (C=O) groups excluding carboxylic acids is 3. The number of methoxy groups -OCH3 is 2. The molecule has 1 saturated heterocycles. The molecule has 13 heteroatoms. The highest BCUT2D eigenvalue weighted by molar-refractivity contribution is 6.55. The van der Waals surface area contributed by atoms with E-state index in [0.717, 1.165) is 4.90 Å². The van der Waals surface area contributed by atoms with Crippen molar-refractivity contribution in [3.63, 3.8) is 0 Å². The Morgan fingerprint density at radius 3 is 1.71 bits per heavy atom. The average molecular weight is 635 g/mol. The summed E-state index contributed by atoms with van der Waals surface area (Å²) in [6, 6.07) is 7.31. The lowest BCUT2D eigenvalue weighted by molar-refractivity contribution is -0.130. The Balaban J connectivity index is 1.70. The van der Waals surface area contributed by atoms with Crippen LogP contribution in [0.2, 0.25) is 30.1 Å². The largest absolute Gasteiger partial charge is 0.497 e. The van der Waals surface area contributed by atoms with E-state index < -0.39 is 29.8 Å². The van der Waals surface area contributed by atoms with E-state index in [-0.39, 0.29) is 41.3 Å². The quantitative estimate of drug-likeness (QED) is 0.127. The van der Waals surface area contributed by atoms with Gasteiger partial charge in [0.25, 0.3) is 17.7 Å². The summed E-state index contributed by atoms with van der Waals surface area (Å²) in [5.41, 5.74) is 0.337. The van der Waals surface area contributed by atoms with Gasteiger partial charge in [0.1, 0.15) is 17.5 Å². The number of nitrogens with zero attached hydrogens (tertiary/aromatic N) is 2. The molecule has 196 valence electrons. The molecule has 2 aliphatic heterocycles. The van der Waals surface area contributed by atoms with Gasteiger partial charge in [-0.3, -0.25) is 19.3 Å².